The molecule has 0 aliphatic heterocycles. The Labute approximate surface area is 164 Å². The van der Waals surface area contributed by atoms with Crippen LogP contribution in [-0.2, 0) is 6.61 Å². The average Bonchev–Trinajstić information content (AvgIpc) is 2.68. The van der Waals surface area contributed by atoms with Gasteiger partial charge in [-0.3, -0.25) is 15.5 Å². The van der Waals surface area contributed by atoms with Crippen molar-refractivity contribution in [3.63, 3.8) is 0 Å². The molecule has 0 aliphatic rings. The van der Waals surface area contributed by atoms with Crippen molar-refractivity contribution in [2.24, 2.45) is 5.10 Å². The van der Waals surface area contributed by atoms with E-state index in [-0.39, 0.29) is 5.69 Å². The number of ether oxygens (including phenoxy) is 1. The molecular weight excluding hydrogens is 410 g/mol. The fraction of sp³-hybridized carbons (Fsp3) is 0.0500. The maximum atomic E-state index is 10.7. The van der Waals surface area contributed by atoms with E-state index < -0.39 is 4.92 Å². The van der Waals surface area contributed by atoms with Crippen LogP contribution in [0.3, 0.4) is 0 Å². The number of rotatable bonds is 7. The van der Waals surface area contributed by atoms with E-state index in [9.17, 15) is 10.1 Å². The van der Waals surface area contributed by atoms with E-state index in [1.54, 1.807) is 18.3 Å². The number of hydrogen-bond donors (Lipinski definition) is 1. The summed E-state index contributed by atoms with van der Waals surface area (Å²) in [6.07, 6.45) is 1.65. The smallest absolute Gasteiger partial charge is 0.269 e. The van der Waals surface area contributed by atoms with E-state index in [4.69, 9.17) is 4.74 Å². The second-order valence-electron chi connectivity index (χ2n) is 5.63. The SMILES string of the molecule is O=[N+]([O-])c1ccc(N/N=C/c2cc(Br)ccc2OCc2ccccc2)cc1. The minimum atomic E-state index is -0.440. The van der Waals surface area contributed by atoms with Crippen molar-refractivity contribution in [3.8, 4) is 5.75 Å². The lowest BCUT2D eigenvalue weighted by Crippen LogP contribution is -1.99. The second-order valence-corrected chi connectivity index (χ2v) is 6.55. The van der Waals surface area contributed by atoms with Gasteiger partial charge in [-0.15, -0.1) is 0 Å². The number of benzene rings is 3. The second kappa shape index (κ2) is 8.95. The van der Waals surface area contributed by atoms with Crippen molar-refractivity contribution in [1.29, 1.82) is 0 Å². The van der Waals surface area contributed by atoms with E-state index in [1.165, 1.54) is 12.1 Å². The first-order valence-electron chi connectivity index (χ1n) is 8.11. The van der Waals surface area contributed by atoms with Crippen LogP contribution in [0.15, 0.2) is 82.4 Å². The van der Waals surface area contributed by atoms with Gasteiger partial charge in [0.05, 0.1) is 16.8 Å². The molecule has 0 radical (unpaired) electrons. The highest BCUT2D eigenvalue weighted by molar-refractivity contribution is 9.10. The van der Waals surface area contributed by atoms with Crippen molar-refractivity contribution in [2.75, 3.05) is 5.43 Å². The third-order valence-electron chi connectivity index (χ3n) is 3.68. The predicted octanol–water partition coefficient (Wildman–Crippen LogP) is 5.38. The Bertz CT molecular complexity index is 944. The lowest BCUT2D eigenvalue weighted by atomic mass is 10.2. The van der Waals surface area contributed by atoms with E-state index in [1.807, 2.05) is 48.5 Å². The summed E-state index contributed by atoms with van der Waals surface area (Å²) in [7, 11) is 0. The van der Waals surface area contributed by atoms with Crippen LogP contribution < -0.4 is 10.2 Å². The average molecular weight is 426 g/mol. The highest BCUT2D eigenvalue weighted by atomic mass is 79.9. The highest BCUT2D eigenvalue weighted by Crippen LogP contribution is 2.23. The van der Waals surface area contributed by atoms with Crippen LogP contribution >= 0.6 is 15.9 Å². The van der Waals surface area contributed by atoms with Gasteiger partial charge in [0.2, 0.25) is 0 Å². The summed E-state index contributed by atoms with van der Waals surface area (Å²) in [6.45, 7) is 0.457. The minimum absolute atomic E-state index is 0.0353. The first-order valence-corrected chi connectivity index (χ1v) is 8.91. The molecule has 1 N–H and O–H groups in total. The van der Waals surface area contributed by atoms with Gasteiger partial charge in [-0.25, -0.2) is 0 Å². The first kappa shape index (κ1) is 18.6. The molecule has 0 fully saturated rings. The number of hydrazone groups is 1. The molecule has 27 heavy (non-hydrogen) atoms. The standard InChI is InChI=1S/C20H16BrN3O3/c21-17-6-11-20(27-14-15-4-2-1-3-5-15)16(12-17)13-22-23-18-7-9-19(10-8-18)24(25)26/h1-13,23H,14H2/b22-13+. The van der Waals surface area contributed by atoms with Crippen molar-refractivity contribution in [3.05, 3.63) is 98.5 Å². The normalized spacial score (nSPS) is 10.7. The molecule has 0 atom stereocenters. The van der Waals surface area contributed by atoms with Gasteiger partial charge in [0.15, 0.2) is 0 Å². The highest BCUT2D eigenvalue weighted by Gasteiger charge is 2.05. The Morgan fingerprint density at radius 1 is 1.07 bits per heavy atom. The van der Waals surface area contributed by atoms with Gasteiger partial charge in [-0.1, -0.05) is 46.3 Å². The molecule has 0 heterocycles. The Balaban J connectivity index is 1.68. The molecule has 0 saturated carbocycles. The molecule has 0 saturated heterocycles. The van der Waals surface area contributed by atoms with Crippen molar-refractivity contribution in [1.82, 2.24) is 0 Å². The Kier molecular flexibility index (Phi) is 6.17. The minimum Gasteiger partial charge on any atom is -0.488 e. The zero-order valence-corrected chi connectivity index (χ0v) is 15.8. The molecule has 0 aromatic heterocycles. The number of nitro groups is 1. The molecule has 3 rings (SSSR count). The fourth-order valence-corrected chi connectivity index (χ4v) is 2.70. The monoisotopic (exact) mass is 425 g/mol. The molecule has 3 aromatic carbocycles. The summed E-state index contributed by atoms with van der Waals surface area (Å²) in [6, 6.07) is 21.6. The van der Waals surface area contributed by atoms with E-state index in [0.717, 1.165) is 15.6 Å². The number of nitrogens with zero attached hydrogens (tertiary/aromatic N) is 2. The number of non-ortho nitro benzene ring substituents is 1. The molecule has 0 amide bonds. The molecule has 0 spiro atoms. The van der Waals surface area contributed by atoms with Crippen LogP contribution in [-0.4, -0.2) is 11.1 Å². The van der Waals surface area contributed by atoms with E-state index in [0.29, 0.717) is 18.0 Å². The number of nitro benzene ring substituents is 1. The van der Waals surface area contributed by atoms with Crippen LogP contribution in [0.5, 0.6) is 5.75 Å². The number of anilines is 1. The lowest BCUT2D eigenvalue weighted by Gasteiger charge is -2.10. The first-order chi connectivity index (χ1) is 13.1. The van der Waals surface area contributed by atoms with E-state index in [2.05, 4.69) is 26.5 Å². The summed E-state index contributed by atoms with van der Waals surface area (Å²) in [5, 5.41) is 14.9. The van der Waals surface area contributed by atoms with Crippen molar-refractivity contribution in [2.45, 2.75) is 6.61 Å². The molecule has 0 bridgehead atoms. The molecule has 0 aliphatic carbocycles. The molecule has 0 unspecified atom stereocenters. The van der Waals surface area contributed by atoms with Gasteiger partial charge in [-0.2, -0.15) is 5.10 Å². The Hall–Kier alpha value is -3.19. The van der Waals surface area contributed by atoms with Crippen LogP contribution in [0.25, 0.3) is 0 Å². The Morgan fingerprint density at radius 2 is 1.81 bits per heavy atom. The maximum Gasteiger partial charge on any atom is 0.269 e. The predicted molar refractivity (Wildman–Crippen MR) is 109 cm³/mol. The summed E-state index contributed by atoms with van der Waals surface area (Å²) in [5.41, 5.74) is 5.42. The van der Waals surface area contributed by atoms with Crippen molar-refractivity contribution < 1.29 is 9.66 Å². The van der Waals surface area contributed by atoms with Crippen LogP contribution in [0.2, 0.25) is 0 Å². The fourth-order valence-electron chi connectivity index (χ4n) is 2.32. The van der Waals surface area contributed by atoms with Crippen LogP contribution in [0.1, 0.15) is 11.1 Å². The summed E-state index contributed by atoms with van der Waals surface area (Å²) in [4.78, 5) is 10.2. The van der Waals surface area contributed by atoms with E-state index >= 15 is 0 Å². The Morgan fingerprint density at radius 3 is 2.52 bits per heavy atom. The quantitative estimate of drug-likeness (QED) is 0.313. The largest absolute Gasteiger partial charge is 0.488 e. The molecule has 136 valence electrons. The number of hydrogen-bond acceptors (Lipinski definition) is 5. The number of nitrogens with one attached hydrogen (secondary N) is 1. The maximum absolute atomic E-state index is 10.7. The zero-order chi connectivity index (χ0) is 19.1. The van der Waals surface area contributed by atoms with Gasteiger partial charge < -0.3 is 4.74 Å². The molecule has 7 heteroatoms. The lowest BCUT2D eigenvalue weighted by molar-refractivity contribution is -0.384. The van der Waals surface area contributed by atoms with Crippen molar-refractivity contribution >= 4 is 33.5 Å². The van der Waals surface area contributed by atoms with Crippen LogP contribution in [0, 0.1) is 10.1 Å². The number of halogens is 1. The van der Waals surface area contributed by atoms with Gasteiger partial charge >= 0.3 is 0 Å². The third kappa shape index (κ3) is 5.39. The third-order valence-corrected chi connectivity index (χ3v) is 4.18. The molecular formula is C20H16BrN3O3. The molecule has 3 aromatic rings. The summed E-state index contributed by atoms with van der Waals surface area (Å²) in [5.74, 6) is 0.705. The topological polar surface area (TPSA) is 76.8 Å². The van der Waals surface area contributed by atoms with Gasteiger partial charge in [0, 0.05) is 22.2 Å². The van der Waals surface area contributed by atoms with Crippen LogP contribution in [0.4, 0.5) is 11.4 Å². The van der Waals surface area contributed by atoms with Gasteiger partial charge in [0.1, 0.15) is 12.4 Å². The molecule has 6 nitrogen and oxygen atoms in total. The zero-order valence-electron chi connectivity index (χ0n) is 14.2. The van der Waals surface area contributed by atoms with Gasteiger partial charge in [0.25, 0.3) is 5.69 Å². The van der Waals surface area contributed by atoms with Gasteiger partial charge in [-0.05, 0) is 35.9 Å². The summed E-state index contributed by atoms with van der Waals surface area (Å²) >= 11 is 3.45. The summed E-state index contributed by atoms with van der Waals surface area (Å²) < 4.78 is 6.82.